The van der Waals surface area contributed by atoms with Gasteiger partial charge in [-0.2, -0.15) is 0 Å². The molecule has 3 aromatic rings. The molecule has 0 fully saturated rings. The van der Waals surface area contributed by atoms with E-state index in [0.717, 1.165) is 0 Å². The molecule has 0 aliphatic carbocycles. The van der Waals surface area contributed by atoms with Crippen molar-refractivity contribution < 1.29 is 23.5 Å². The summed E-state index contributed by atoms with van der Waals surface area (Å²) >= 11 is 6.11. The number of carbonyl (C=O) groups is 2. The Balaban J connectivity index is 1.81. The molecular formula is C20H14ClNO5. The number of furan rings is 2. The molecule has 1 aliphatic rings. The van der Waals surface area contributed by atoms with E-state index in [1.807, 2.05) is 0 Å². The van der Waals surface area contributed by atoms with E-state index < -0.39 is 23.5 Å². The molecular weight excluding hydrogens is 370 g/mol. The van der Waals surface area contributed by atoms with Gasteiger partial charge in [0.1, 0.15) is 5.76 Å². The Hall–Kier alpha value is -3.25. The van der Waals surface area contributed by atoms with Crippen LogP contribution in [0.5, 0.6) is 0 Å². The van der Waals surface area contributed by atoms with Gasteiger partial charge in [-0.25, -0.2) is 0 Å². The van der Waals surface area contributed by atoms with Crippen molar-refractivity contribution in [3.63, 3.8) is 0 Å². The Bertz CT molecular complexity index is 1020. The van der Waals surface area contributed by atoms with Crippen molar-refractivity contribution in [1.29, 1.82) is 0 Å². The molecule has 0 spiro atoms. The standard InChI is InChI=1S/C20H14ClNO5/c21-13-5-1-4-12(10-13)17-16(18(23)15-7-3-9-27-15)19(24)20(25)22(17)11-14-6-2-8-26-14/h1-10,17,24H,11H2/t17-/m1/s1. The fraction of sp³-hybridized carbons (Fsp3) is 0.100. The minimum atomic E-state index is -0.820. The van der Waals surface area contributed by atoms with Crippen LogP contribution in [0.25, 0.3) is 0 Å². The van der Waals surface area contributed by atoms with Crippen LogP contribution < -0.4 is 0 Å². The summed E-state index contributed by atoms with van der Waals surface area (Å²) in [6.45, 7) is 0.0853. The lowest BCUT2D eigenvalue weighted by Gasteiger charge is -2.26. The van der Waals surface area contributed by atoms with Crippen molar-refractivity contribution in [2.24, 2.45) is 0 Å². The van der Waals surface area contributed by atoms with E-state index in [2.05, 4.69) is 0 Å². The highest BCUT2D eigenvalue weighted by Crippen LogP contribution is 2.40. The number of benzene rings is 1. The second kappa shape index (κ2) is 6.81. The van der Waals surface area contributed by atoms with Gasteiger partial charge < -0.3 is 18.8 Å². The van der Waals surface area contributed by atoms with Crippen LogP contribution in [0.15, 0.2) is 81.2 Å². The van der Waals surface area contributed by atoms with Gasteiger partial charge in [-0.1, -0.05) is 23.7 Å². The zero-order chi connectivity index (χ0) is 19.0. The predicted molar refractivity (Wildman–Crippen MR) is 96.1 cm³/mol. The Kier molecular flexibility index (Phi) is 4.33. The largest absolute Gasteiger partial charge is 0.503 e. The number of ketones is 1. The lowest BCUT2D eigenvalue weighted by Crippen LogP contribution is -2.30. The van der Waals surface area contributed by atoms with Gasteiger partial charge in [0.25, 0.3) is 5.91 Å². The molecule has 4 rings (SSSR count). The number of carbonyl (C=O) groups excluding carboxylic acids is 2. The maximum atomic E-state index is 12.9. The lowest BCUT2D eigenvalue weighted by atomic mass is 9.95. The zero-order valence-electron chi connectivity index (χ0n) is 14.0. The van der Waals surface area contributed by atoms with Gasteiger partial charge in [0.15, 0.2) is 11.5 Å². The van der Waals surface area contributed by atoms with E-state index in [4.69, 9.17) is 20.4 Å². The number of nitrogens with zero attached hydrogens (tertiary/aromatic N) is 1. The third-order valence-corrected chi connectivity index (χ3v) is 4.60. The summed E-state index contributed by atoms with van der Waals surface area (Å²) in [5.74, 6) is -1.26. The molecule has 2 aromatic heterocycles. The summed E-state index contributed by atoms with van der Waals surface area (Å²) in [7, 11) is 0. The molecule has 6 nitrogen and oxygen atoms in total. The molecule has 1 aliphatic heterocycles. The molecule has 0 bridgehead atoms. The number of aliphatic hydroxyl groups is 1. The van der Waals surface area contributed by atoms with Crippen molar-refractivity contribution in [2.45, 2.75) is 12.6 Å². The van der Waals surface area contributed by atoms with E-state index in [9.17, 15) is 14.7 Å². The molecule has 1 N–H and O–H groups in total. The van der Waals surface area contributed by atoms with Crippen molar-refractivity contribution in [1.82, 2.24) is 4.90 Å². The molecule has 0 saturated carbocycles. The molecule has 0 saturated heterocycles. The Morgan fingerprint density at radius 3 is 2.56 bits per heavy atom. The van der Waals surface area contributed by atoms with E-state index >= 15 is 0 Å². The van der Waals surface area contributed by atoms with Crippen LogP contribution in [0, 0.1) is 0 Å². The molecule has 3 heterocycles. The van der Waals surface area contributed by atoms with Crippen molar-refractivity contribution in [3.8, 4) is 0 Å². The number of hydrogen-bond acceptors (Lipinski definition) is 5. The van der Waals surface area contributed by atoms with E-state index in [0.29, 0.717) is 16.3 Å². The van der Waals surface area contributed by atoms with Gasteiger partial charge in [0.05, 0.1) is 30.7 Å². The number of amides is 1. The fourth-order valence-corrected chi connectivity index (χ4v) is 3.38. The summed E-state index contributed by atoms with van der Waals surface area (Å²) < 4.78 is 10.5. The maximum Gasteiger partial charge on any atom is 0.290 e. The van der Waals surface area contributed by atoms with Gasteiger partial charge in [0, 0.05) is 5.02 Å². The summed E-state index contributed by atoms with van der Waals surface area (Å²) in [6, 6.07) is 12.5. The highest BCUT2D eigenvalue weighted by Gasteiger charge is 2.44. The van der Waals surface area contributed by atoms with Crippen LogP contribution in [0.2, 0.25) is 5.02 Å². The summed E-state index contributed by atoms with van der Waals surface area (Å²) in [5, 5.41) is 10.9. The van der Waals surface area contributed by atoms with Crippen LogP contribution >= 0.6 is 11.6 Å². The normalized spacial score (nSPS) is 17.0. The maximum absolute atomic E-state index is 12.9. The van der Waals surface area contributed by atoms with Crippen LogP contribution in [-0.4, -0.2) is 21.7 Å². The van der Waals surface area contributed by atoms with Gasteiger partial charge in [-0.05, 0) is 42.0 Å². The average molecular weight is 384 g/mol. The first-order chi connectivity index (χ1) is 13.1. The zero-order valence-corrected chi connectivity index (χ0v) is 14.7. The van der Waals surface area contributed by atoms with Gasteiger partial charge in [-0.3, -0.25) is 9.59 Å². The van der Waals surface area contributed by atoms with Gasteiger partial charge in [0.2, 0.25) is 5.78 Å². The highest BCUT2D eigenvalue weighted by molar-refractivity contribution is 6.30. The first kappa shape index (κ1) is 17.2. The molecule has 0 unspecified atom stereocenters. The number of halogens is 1. The number of aliphatic hydroxyl groups excluding tert-OH is 1. The first-order valence-electron chi connectivity index (χ1n) is 8.16. The predicted octanol–water partition coefficient (Wildman–Crippen LogP) is 4.30. The molecule has 1 amide bonds. The Labute approximate surface area is 159 Å². The molecule has 27 heavy (non-hydrogen) atoms. The highest BCUT2D eigenvalue weighted by atomic mass is 35.5. The lowest BCUT2D eigenvalue weighted by molar-refractivity contribution is -0.130. The van der Waals surface area contributed by atoms with E-state index in [1.165, 1.54) is 23.5 Å². The number of rotatable bonds is 5. The molecule has 1 atom stereocenters. The van der Waals surface area contributed by atoms with E-state index in [1.54, 1.807) is 42.5 Å². The second-order valence-corrected chi connectivity index (χ2v) is 6.48. The summed E-state index contributed by atoms with van der Waals surface area (Å²) in [6.07, 6.45) is 2.85. The monoisotopic (exact) mass is 383 g/mol. The van der Waals surface area contributed by atoms with Crippen LogP contribution in [0.3, 0.4) is 0 Å². The minimum Gasteiger partial charge on any atom is -0.503 e. The molecule has 0 radical (unpaired) electrons. The number of Topliss-reactive ketones (excluding diaryl/α,β-unsaturated/α-hetero) is 1. The van der Waals surface area contributed by atoms with Crippen molar-refractivity contribution in [3.05, 3.63) is 94.5 Å². The smallest absolute Gasteiger partial charge is 0.290 e. The third kappa shape index (κ3) is 3.04. The fourth-order valence-electron chi connectivity index (χ4n) is 3.18. The summed E-state index contributed by atoms with van der Waals surface area (Å²) in [5.41, 5.74) is 0.546. The van der Waals surface area contributed by atoms with Crippen molar-refractivity contribution in [2.75, 3.05) is 0 Å². The molecule has 7 heteroatoms. The average Bonchev–Trinajstić information content (AvgIpc) is 3.40. The van der Waals surface area contributed by atoms with E-state index in [-0.39, 0.29) is 17.9 Å². The first-order valence-corrected chi connectivity index (χ1v) is 8.54. The van der Waals surface area contributed by atoms with Crippen LogP contribution in [-0.2, 0) is 11.3 Å². The molecule has 1 aromatic carbocycles. The third-order valence-electron chi connectivity index (χ3n) is 4.36. The SMILES string of the molecule is O=C(C1=C(O)C(=O)N(Cc2ccco2)[C@@H]1c1cccc(Cl)c1)c1ccco1. The number of hydrogen-bond donors (Lipinski definition) is 1. The van der Waals surface area contributed by atoms with Crippen molar-refractivity contribution >= 4 is 23.3 Å². The Morgan fingerprint density at radius 1 is 1.11 bits per heavy atom. The molecule has 136 valence electrons. The Morgan fingerprint density at radius 2 is 1.89 bits per heavy atom. The second-order valence-electron chi connectivity index (χ2n) is 6.04. The minimum absolute atomic E-state index is 0.0382. The van der Waals surface area contributed by atoms with Gasteiger partial charge in [-0.15, -0.1) is 0 Å². The van der Waals surface area contributed by atoms with Crippen LogP contribution in [0.1, 0.15) is 27.9 Å². The summed E-state index contributed by atoms with van der Waals surface area (Å²) in [4.78, 5) is 27.1. The van der Waals surface area contributed by atoms with Crippen LogP contribution in [0.4, 0.5) is 0 Å². The van der Waals surface area contributed by atoms with Gasteiger partial charge >= 0.3 is 0 Å². The quantitative estimate of drug-likeness (QED) is 0.664. The topological polar surface area (TPSA) is 83.9 Å².